The van der Waals surface area contributed by atoms with E-state index in [-0.39, 0.29) is 5.56 Å². The van der Waals surface area contributed by atoms with Crippen molar-refractivity contribution in [3.05, 3.63) is 47.7 Å². The van der Waals surface area contributed by atoms with Crippen molar-refractivity contribution in [2.24, 2.45) is 10.7 Å². The highest BCUT2D eigenvalue weighted by atomic mass is 19.4. The third kappa shape index (κ3) is 2.18. The summed E-state index contributed by atoms with van der Waals surface area (Å²) < 4.78 is 39.0. The maximum Gasteiger partial charge on any atom is 0.416 e. The van der Waals surface area contributed by atoms with Gasteiger partial charge in [0.1, 0.15) is 0 Å². The van der Waals surface area contributed by atoms with Crippen LogP contribution in [0.4, 0.5) is 13.2 Å². The Bertz CT molecular complexity index is 552. The van der Waals surface area contributed by atoms with Gasteiger partial charge in [0, 0.05) is 11.8 Å². The van der Waals surface area contributed by atoms with Crippen LogP contribution >= 0.6 is 0 Å². The Morgan fingerprint density at radius 2 is 2.00 bits per heavy atom. The molecule has 1 aliphatic rings. The zero-order valence-electron chi connectivity index (χ0n) is 9.61. The molecule has 100 valence electrons. The second-order valence-corrected chi connectivity index (χ2v) is 3.93. The molecule has 1 aromatic rings. The largest absolute Gasteiger partial charge is 0.416 e. The van der Waals surface area contributed by atoms with Gasteiger partial charge in [0.15, 0.2) is 5.54 Å². The predicted octanol–water partition coefficient (Wildman–Crippen LogP) is 1.53. The summed E-state index contributed by atoms with van der Waals surface area (Å²) in [5.41, 5.74) is 2.19. The maximum atomic E-state index is 13.0. The molecule has 3 N–H and O–H groups in total. The Kier molecular flexibility index (Phi) is 3.05. The van der Waals surface area contributed by atoms with Gasteiger partial charge in [-0.25, -0.2) is 4.99 Å². The average molecular weight is 269 g/mol. The van der Waals surface area contributed by atoms with Crippen LogP contribution in [0.3, 0.4) is 0 Å². The molecule has 7 heteroatoms. The number of nitrogens with one attached hydrogen (secondary N) is 1. The monoisotopic (exact) mass is 269 g/mol. The SMILES string of the molecule is NC(=O)C1(c2ccccc2C(F)(F)F)C=CNC=N1. The molecule has 1 aromatic carbocycles. The fourth-order valence-electron chi connectivity index (χ4n) is 1.89. The number of nitrogens with two attached hydrogens (primary N) is 1. The topological polar surface area (TPSA) is 67.5 Å². The van der Waals surface area contributed by atoms with Crippen molar-refractivity contribution in [3.8, 4) is 0 Å². The number of rotatable bonds is 2. The minimum Gasteiger partial charge on any atom is -0.367 e. The van der Waals surface area contributed by atoms with Gasteiger partial charge in [-0.05, 0) is 12.1 Å². The number of halogens is 3. The lowest BCUT2D eigenvalue weighted by Gasteiger charge is -2.28. The molecule has 0 bridgehead atoms. The van der Waals surface area contributed by atoms with Crippen molar-refractivity contribution < 1.29 is 18.0 Å². The summed E-state index contributed by atoms with van der Waals surface area (Å²) >= 11 is 0. The average Bonchev–Trinajstić information content (AvgIpc) is 2.38. The molecule has 0 saturated carbocycles. The normalized spacial score (nSPS) is 22.1. The van der Waals surface area contributed by atoms with E-state index in [2.05, 4.69) is 10.3 Å². The minimum absolute atomic E-state index is 0.288. The number of carbonyl (C=O) groups is 1. The standard InChI is InChI=1S/C12H10F3N3O/c13-12(14,15)9-4-2-1-3-8(9)11(10(16)19)5-6-17-7-18-11/h1-7H,(H2,16,19)(H,17,18). The van der Waals surface area contributed by atoms with E-state index in [9.17, 15) is 18.0 Å². The van der Waals surface area contributed by atoms with Gasteiger partial charge in [-0.15, -0.1) is 0 Å². The number of nitrogens with zero attached hydrogens (tertiary/aromatic N) is 1. The molecular formula is C12H10F3N3O. The summed E-state index contributed by atoms with van der Waals surface area (Å²) in [4.78, 5) is 15.4. The number of amides is 1. The van der Waals surface area contributed by atoms with Crippen LogP contribution in [-0.2, 0) is 16.5 Å². The summed E-state index contributed by atoms with van der Waals surface area (Å²) in [6, 6.07) is 4.74. The van der Waals surface area contributed by atoms with Gasteiger partial charge >= 0.3 is 6.18 Å². The molecule has 0 spiro atoms. The van der Waals surface area contributed by atoms with E-state index in [1.807, 2.05) is 0 Å². The van der Waals surface area contributed by atoms with Crippen molar-refractivity contribution in [1.82, 2.24) is 5.32 Å². The highest BCUT2D eigenvalue weighted by Gasteiger charge is 2.44. The third-order valence-electron chi connectivity index (χ3n) is 2.78. The Hall–Kier alpha value is -2.31. The molecule has 0 aliphatic carbocycles. The fourth-order valence-corrected chi connectivity index (χ4v) is 1.89. The molecule has 0 radical (unpaired) electrons. The minimum atomic E-state index is -4.59. The zero-order valence-corrected chi connectivity index (χ0v) is 9.61. The molecule has 1 amide bonds. The lowest BCUT2D eigenvalue weighted by molar-refractivity contribution is -0.139. The van der Waals surface area contributed by atoms with E-state index in [0.29, 0.717) is 0 Å². The molecule has 0 aromatic heterocycles. The van der Waals surface area contributed by atoms with Crippen molar-refractivity contribution >= 4 is 12.2 Å². The molecule has 2 rings (SSSR count). The van der Waals surface area contributed by atoms with Crippen molar-refractivity contribution in [3.63, 3.8) is 0 Å². The van der Waals surface area contributed by atoms with Crippen LogP contribution in [-0.4, -0.2) is 12.2 Å². The molecule has 1 aliphatic heterocycles. The van der Waals surface area contributed by atoms with E-state index in [1.165, 1.54) is 30.5 Å². The number of hydrogen-bond donors (Lipinski definition) is 2. The third-order valence-corrected chi connectivity index (χ3v) is 2.78. The second kappa shape index (κ2) is 4.42. The number of benzene rings is 1. The van der Waals surface area contributed by atoms with Gasteiger partial charge in [-0.1, -0.05) is 18.2 Å². The maximum absolute atomic E-state index is 13.0. The van der Waals surface area contributed by atoms with Crippen molar-refractivity contribution in [1.29, 1.82) is 0 Å². The number of alkyl halides is 3. The molecule has 1 unspecified atom stereocenters. The Labute approximate surface area is 106 Å². The van der Waals surface area contributed by atoms with Crippen LogP contribution in [0.5, 0.6) is 0 Å². The van der Waals surface area contributed by atoms with Crippen molar-refractivity contribution in [2.45, 2.75) is 11.7 Å². The summed E-state index contributed by atoms with van der Waals surface area (Å²) in [5.74, 6) is -0.974. The van der Waals surface area contributed by atoms with Gasteiger partial charge < -0.3 is 11.1 Å². The Balaban J connectivity index is 2.69. The summed E-state index contributed by atoms with van der Waals surface area (Å²) in [6.07, 6.45) is -0.921. The lowest BCUT2D eigenvalue weighted by Crippen LogP contribution is -2.41. The molecule has 19 heavy (non-hydrogen) atoms. The van der Waals surface area contributed by atoms with E-state index < -0.39 is 23.2 Å². The van der Waals surface area contributed by atoms with Crippen LogP contribution in [0.15, 0.2) is 41.5 Å². The molecule has 1 heterocycles. The van der Waals surface area contributed by atoms with Crippen LogP contribution < -0.4 is 11.1 Å². The lowest BCUT2D eigenvalue weighted by atomic mass is 9.85. The quantitative estimate of drug-likeness (QED) is 0.855. The van der Waals surface area contributed by atoms with Crippen LogP contribution in [0.1, 0.15) is 11.1 Å². The molecule has 0 fully saturated rings. The van der Waals surface area contributed by atoms with E-state index in [1.54, 1.807) is 0 Å². The first-order valence-electron chi connectivity index (χ1n) is 5.32. The Morgan fingerprint density at radius 1 is 1.32 bits per heavy atom. The van der Waals surface area contributed by atoms with Gasteiger partial charge in [-0.2, -0.15) is 13.2 Å². The van der Waals surface area contributed by atoms with Crippen LogP contribution in [0.25, 0.3) is 0 Å². The van der Waals surface area contributed by atoms with Crippen molar-refractivity contribution in [2.75, 3.05) is 0 Å². The zero-order chi connectivity index (χ0) is 14.1. The summed E-state index contributed by atoms with van der Waals surface area (Å²) in [6.45, 7) is 0. The molecule has 0 saturated heterocycles. The van der Waals surface area contributed by atoms with E-state index in [0.717, 1.165) is 12.4 Å². The summed E-state index contributed by atoms with van der Waals surface area (Å²) in [5, 5.41) is 2.56. The molecule has 4 nitrogen and oxygen atoms in total. The number of primary amides is 1. The Morgan fingerprint density at radius 3 is 2.53 bits per heavy atom. The van der Waals surface area contributed by atoms with E-state index in [4.69, 9.17) is 5.73 Å². The van der Waals surface area contributed by atoms with Gasteiger partial charge in [-0.3, -0.25) is 4.79 Å². The number of hydrogen-bond acceptors (Lipinski definition) is 3. The van der Waals surface area contributed by atoms with Gasteiger partial charge in [0.25, 0.3) is 5.91 Å². The summed E-state index contributed by atoms with van der Waals surface area (Å²) in [7, 11) is 0. The molecular weight excluding hydrogens is 259 g/mol. The highest BCUT2D eigenvalue weighted by molar-refractivity contribution is 5.91. The van der Waals surface area contributed by atoms with Gasteiger partial charge in [0.05, 0.1) is 11.9 Å². The highest BCUT2D eigenvalue weighted by Crippen LogP contribution is 2.39. The first-order valence-corrected chi connectivity index (χ1v) is 5.32. The first kappa shape index (κ1) is 13.1. The van der Waals surface area contributed by atoms with Crippen LogP contribution in [0.2, 0.25) is 0 Å². The smallest absolute Gasteiger partial charge is 0.367 e. The van der Waals surface area contributed by atoms with Gasteiger partial charge in [0.2, 0.25) is 0 Å². The number of carbonyl (C=O) groups excluding carboxylic acids is 1. The first-order chi connectivity index (χ1) is 8.88. The molecule has 1 atom stereocenters. The predicted molar refractivity (Wildman–Crippen MR) is 63.1 cm³/mol. The van der Waals surface area contributed by atoms with E-state index >= 15 is 0 Å². The van der Waals surface area contributed by atoms with Crippen LogP contribution in [0, 0.1) is 0 Å². The second-order valence-electron chi connectivity index (χ2n) is 3.93. The number of aliphatic imine (C=N–C) groups is 1. The fraction of sp³-hybridized carbons (Fsp3) is 0.167.